The van der Waals surface area contributed by atoms with Gasteiger partial charge < -0.3 is 4.90 Å². The predicted molar refractivity (Wildman–Crippen MR) is 72.8 cm³/mol. The third-order valence-electron chi connectivity index (χ3n) is 3.17. The molecular formula is C10H15F3N4O2S2. The summed E-state index contributed by atoms with van der Waals surface area (Å²) < 4.78 is 59.6. The van der Waals surface area contributed by atoms with Crippen molar-refractivity contribution in [2.45, 2.75) is 23.4 Å². The van der Waals surface area contributed by atoms with E-state index in [4.69, 9.17) is 5.14 Å². The number of halogens is 3. The zero-order chi connectivity index (χ0) is 15.8. The largest absolute Gasteiger partial charge is 0.401 e. The number of alkyl halides is 3. The number of primary sulfonamides is 1. The van der Waals surface area contributed by atoms with Crippen LogP contribution in [0.4, 0.5) is 18.3 Å². The van der Waals surface area contributed by atoms with Gasteiger partial charge in [0.15, 0.2) is 9.34 Å². The van der Waals surface area contributed by atoms with Crippen LogP contribution in [0.25, 0.3) is 0 Å². The third kappa shape index (κ3) is 4.28. The Hall–Kier alpha value is -0.910. The molecule has 11 heteroatoms. The lowest BCUT2D eigenvalue weighted by Crippen LogP contribution is -2.54. The summed E-state index contributed by atoms with van der Waals surface area (Å²) in [5.41, 5.74) is 0. The molecule has 21 heavy (non-hydrogen) atoms. The quantitative estimate of drug-likeness (QED) is 0.880. The van der Waals surface area contributed by atoms with Crippen molar-refractivity contribution in [3.8, 4) is 0 Å². The van der Waals surface area contributed by atoms with E-state index in [9.17, 15) is 21.6 Å². The highest BCUT2D eigenvalue weighted by Gasteiger charge is 2.35. The minimum absolute atomic E-state index is 0.0529. The topological polar surface area (TPSA) is 79.5 Å². The van der Waals surface area contributed by atoms with E-state index in [0.717, 1.165) is 11.3 Å². The van der Waals surface area contributed by atoms with Crippen LogP contribution in [-0.2, 0) is 10.0 Å². The van der Waals surface area contributed by atoms with Gasteiger partial charge in [0, 0.05) is 25.7 Å². The number of rotatable bonds is 3. The van der Waals surface area contributed by atoms with Crippen LogP contribution in [0.1, 0.15) is 6.92 Å². The van der Waals surface area contributed by atoms with E-state index in [1.807, 2.05) is 0 Å². The fraction of sp³-hybridized carbons (Fsp3) is 0.700. The van der Waals surface area contributed by atoms with E-state index in [2.05, 4.69) is 4.98 Å². The first-order valence-corrected chi connectivity index (χ1v) is 8.47. The Morgan fingerprint density at radius 2 is 2.14 bits per heavy atom. The molecule has 0 radical (unpaired) electrons. The third-order valence-corrected chi connectivity index (χ3v) is 5.64. The van der Waals surface area contributed by atoms with Crippen LogP contribution >= 0.6 is 11.3 Å². The standard InChI is InChI=1S/C10H15F3N4O2S2/c1-7-5-16(2-3-17(7)6-10(11,12)13)9-15-4-8(20-9)21(14,18)19/h4,7H,2-3,5-6H2,1H3,(H2,14,18,19). The van der Waals surface area contributed by atoms with Crippen molar-refractivity contribution in [3.63, 3.8) is 0 Å². The summed E-state index contributed by atoms with van der Waals surface area (Å²) in [4.78, 5) is 7.11. The lowest BCUT2D eigenvalue weighted by Gasteiger charge is -2.39. The number of sulfonamides is 1. The second-order valence-electron chi connectivity index (χ2n) is 4.89. The fourth-order valence-corrected chi connectivity index (χ4v) is 3.74. The van der Waals surface area contributed by atoms with Crippen molar-refractivity contribution < 1.29 is 21.6 Å². The summed E-state index contributed by atoms with van der Waals surface area (Å²) >= 11 is 0.924. The van der Waals surface area contributed by atoms with E-state index in [1.165, 1.54) is 11.1 Å². The first-order chi connectivity index (χ1) is 9.56. The molecule has 0 aromatic carbocycles. The molecule has 6 nitrogen and oxygen atoms in total. The first kappa shape index (κ1) is 16.5. The average Bonchev–Trinajstić information content (AvgIpc) is 2.79. The molecule has 1 atom stereocenters. The number of nitrogens with zero attached hydrogens (tertiary/aromatic N) is 3. The monoisotopic (exact) mass is 344 g/mol. The van der Waals surface area contributed by atoms with Crippen molar-refractivity contribution in [1.29, 1.82) is 0 Å². The van der Waals surface area contributed by atoms with Gasteiger partial charge in [0.25, 0.3) is 0 Å². The SMILES string of the molecule is CC1CN(c2ncc(S(N)(=O)=O)s2)CCN1CC(F)(F)F. The Balaban J connectivity index is 2.04. The second-order valence-corrected chi connectivity index (χ2v) is 7.68. The normalized spacial score (nSPS) is 21.8. The molecule has 1 aliphatic heterocycles. The molecule has 2 heterocycles. The van der Waals surface area contributed by atoms with Crippen LogP contribution in [0, 0.1) is 0 Å². The van der Waals surface area contributed by atoms with Crippen molar-refractivity contribution in [1.82, 2.24) is 9.88 Å². The molecule has 2 N–H and O–H groups in total. The van der Waals surface area contributed by atoms with Crippen molar-refractivity contribution in [2.75, 3.05) is 31.1 Å². The zero-order valence-electron chi connectivity index (χ0n) is 11.2. The van der Waals surface area contributed by atoms with E-state index in [-0.39, 0.29) is 16.8 Å². The van der Waals surface area contributed by atoms with Gasteiger partial charge in [-0.25, -0.2) is 18.5 Å². The molecule has 120 valence electrons. The Morgan fingerprint density at radius 3 is 2.62 bits per heavy atom. The summed E-state index contributed by atoms with van der Waals surface area (Å²) in [6.45, 7) is 1.71. The molecule has 1 unspecified atom stereocenters. The molecule has 1 aromatic heterocycles. The van der Waals surface area contributed by atoms with Gasteiger partial charge in [-0.1, -0.05) is 11.3 Å². The maximum atomic E-state index is 12.4. The molecule has 1 saturated heterocycles. The average molecular weight is 344 g/mol. The lowest BCUT2D eigenvalue weighted by molar-refractivity contribution is -0.150. The Kier molecular flexibility index (Phi) is 4.47. The summed E-state index contributed by atoms with van der Waals surface area (Å²) in [6, 6.07) is -0.304. The molecule has 0 bridgehead atoms. The van der Waals surface area contributed by atoms with Crippen LogP contribution in [0.15, 0.2) is 10.4 Å². The Morgan fingerprint density at radius 1 is 1.48 bits per heavy atom. The number of thiazole rings is 1. The van der Waals surface area contributed by atoms with Crippen LogP contribution in [0.3, 0.4) is 0 Å². The summed E-state index contributed by atoms with van der Waals surface area (Å²) in [5.74, 6) is 0. The first-order valence-electron chi connectivity index (χ1n) is 6.10. The van der Waals surface area contributed by atoms with E-state index >= 15 is 0 Å². The van der Waals surface area contributed by atoms with Crippen LogP contribution in [0.2, 0.25) is 0 Å². The molecular weight excluding hydrogens is 329 g/mol. The fourth-order valence-electron chi connectivity index (χ4n) is 2.16. The molecule has 2 rings (SSSR count). The van der Waals surface area contributed by atoms with E-state index in [0.29, 0.717) is 18.2 Å². The molecule has 1 fully saturated rings. The number of hydrogen-bond acceptors (Lipinski definition) is 6. The number of nitrogens with two attached hydrogens (primary N) is 1. The highest BCUT2D eigenvalue weighted by molar-refractivity contribution is 7.91. The van der Waals surface area contributed by atoms with Crippen molar-refractivity contribution in [3.05, 3.63) is 6.20 Å². The van der Waals surface area contributed by atoms with Gasteiger partial charge in [-0.05, 0) is 6.92 Å². The Labute approximate surface area is 124 Å². The highest BCUT2D eigenvalue weighted by atomic mass is 32.2. The highest BCUT2D eigenvalue weighted by Crippen LogP contribution is 2.28. The minimum Gasteiger partial charge on any atom is -0.345 e. The maximum Gasteiger partial charge on any atom is 0.401 e. The molecule has 1 aromatic rings. The molecule has 0 saturated carbocycles. The van der Waals surface area contributed by atoms with Crippen LogP contribution in [-0.4, -0.2) is 56.7 Å². The van der Waals surface area contributed by atoms with Gasteiger partial charge in [0.05, 0.1) is 12.7 Å². The molecule has 0 aliphatic carbocycles. The van der Waals surface area contributed by atoms with E-state index in [1.54, 1.807) is 11.8 Å². The van der Waals surface area contributed by atoms with Crippen LogP contribution in [0.5, 0.6) is 0 Å². The Bertz CT molecular complexity index is 602. The molecule has 0 amide bonds. The van der Waals surface area contributed by atoms with Gasteiger partial charge >= 0.3 is 6.18 Å². The predicted octanol–water partition coefficient (Wildman–Crippen LogP) is 0.863. The smallest absolute Gasteiger partial charge is 0.345 e. The van der Waals surface area contributed by atoms with Gasteiger partial charge in [0.2, 0.25) is 10.0 Å². The number of hydrogen-bond donors (Lipinski definition) is 1. The second kappa shape index (κ2) is 5.71. The number of piperazine rings is 1. The lowest BCUT2D eigenvalue weighted by atomic mass is 10.2. The minimum atomic E-state index is -4.22. The summed E-state index contributed by atoms with van der Waals surface area (Å²) in [5, 5.41) is 5.47. The molecule has 0 spiro atoms. The summed E-state index contributed by atoms with van der Waals surface area (Å²) in [6.07, 6.45) is -3.06. The molecule has 1 aliphatic rings. The number of anilines is 1. The van der Waals surface area contributed by atoms with Crippen molar-refractivity contribution in [2.24, 2.45) is 5.14 Å². The van der Waals surface area contributed by atoms with Gasteiger partial charge in [-0.3, -0.25) is 4.90 Å². The maximum absolute atomic E-state index is 12.4. The van der Waals surface area contributed by atoms with Crippen molar-refractivity contribution >= 4 is 26.5 Å². The van der Waals surface area contributed by atoms with Gasteiger partial charge in [-0.2, -0.15) is 13.2 Å². The van der Waals surface area contributed by atoms with Gasteiger partial charge in [0.1, 0.15) is 0 Å². The van der Waals surface area contributed by atoms with E-state index < -0.39 is 22.7 Å². The van der Waals surface area contributed by atoms with Gasteiger partial charge in [-0.15, -0.1) is 0 Å². The van der Waals surface area contributed by atoms with Crippen LogP contribution < -0.4 is 10.0 Å². The number of aromatic nitrogens is 1. The zero-order valence-corrected chi connectivity index (χ0v) is 12.8. The summed E-state index contributed by atoms with van der Waals surface area (Å²) in [7, 11) is -3.80.